The first-order valence-electron chi connectivity index (χ1n) is 5.89. The van der Waals surface area contributed by atoms with Crippen LogP contribution < -0.4 is 0 Å². The first-order valence-corrected chi connectivity index (χ1v) is 6.27. The van der Waals surface area contributed by atoms with E-state index in [4.69, 9.17) is 11.6 Å². The fourth-order valence-corrected chi connectivity index (χ4v) is 2.09. The predicted molar refractivity (Wildman–Crippen MR) is 72.1 cm³/mol. The summed E-state index contributed by atoms with van der Waals surface area (Å²) >= 11 is 6.05. The molecule has 0 radical (unpaired) electrons. The molecule has 0 bridgehead atoms. The van der Waals surface area contributed by atoms with Gasteiger partial charge in [-0.05, 0) is 19.4 Å². The monoisotopic (exact) mass is 262 g/mol. The number of halogens is 1. The second kappa shape index (κ2) is 5.36. The number of carbonyl (C=O) groups is 1. The summed E-state index contributed by atoms with van der Waals surface area (Å²) in [5.41, 5.74) is 1.48. The summed E-state index contributed by atoms with van der Waals surface area (Å²) in [5.74, 6) is -0.00241. The van der Waals surface area contributed by atoms with Gasteiger partial charge in [0.05, 0.1) is 11.2 Å². The van der Waals surface area contributed by atoms with E-state index in [1.165, 1.54) is 6.20 Å². The number of nitrogens with zero attached hydrogens (tertiary/aromatic N) is 2. The Morgan fingerprint density at radius 1 is 1.33 bits per heavy atom. The van der Waals surface area contributed by atoms with E-state index >= 15 is 0 Å². The van der Waals surface area contributed by atoms with Crippen molar-refractivity contribution in [3.8, 4) is 0 Å². The highest BCUT2D eigenvalue weighted by molar-refractivity contribution is 6.33. The molecule has 0 aliphatic rings. The number of rotatable bonds is 4. The fraction of sp³-hybridized carbons (Fsp3) is 0.286. The summed E-state index contributed by atoms with van der Waals surface area (Å²) in [6.45, 7) is 3.95. The van der Waals surface area contributed by atoms with E-state index < -0.39 is 0 Å². The highest BCUT2D eigenvalue weighted by Crippen LogP contribution is 2.20. The first-order chi connectivity index (χ1) is 8.59. The number of aromatic nitrogens is 2. The molecule has 2 rings (SSSR count). The summed E-state index contributed by atoms with van der Waals surface area (Å²) in [7, 11) is 0. The molecule has 1 heterocycles. The van der Waals surface area contributed by atoms with Crippen molar-refractivity contribution < 1.29 is 4.79 Å². The van der Waals surface area contributed by atoms with Gasteiger partial charge in [-0.25, -0.2) is 0 Å². The molecule has 3 nitrogen and oxygen atoms in total. The van der Waals surface area contributed by atoms with Crippen LogP contribution in [0.4, 0.5) is 0 Å². The van der Waals surface area contributed by atoms with Crippen LogP contribution in [-0.4, -0.2) is 15.6 Å². The Morgan fingerprint density at radius 3 is 2.61 bits per heavy atom. The highest BCUT2D eigenvalue weighted by atomic mass is 35.5. The van der Waals surface area contributed by atoms with Gasteiger partial charge in [-0.2, -0.15) is 5.10 Å². The Kier molecular flexibility index (Phi) is 3.82. The van der Waals surface area contributed by atoms with Gasteiger partial charge in [-0.1, -0.05) is 41.9 Å². The van der Waals surface area contributed by atoms with Gasteiger partial charge in [0, 0.05) is 12.5 Å². The Hall–Kier alpha value is -1.61. The number of hydrogen-bond donors (Lipinski definition) is 0. The van der Waals surface area contributed by atoms with E-state index in [0.29, 0.717) is 17.1 Å². The lowest BCUT2D eigenvalue weighted by Gasteiger charge is -2.10. The van der Waals surface area contributed by atoms with E-state index in [9.17, 15) is 4.79 Å². The molecule has 0 unspecified atom stereocenters. The zero-order valence-electron chi connectivity index (χ0n) is 10.4. The van der Waals surface area contributed by atoms with Gasteiger partial charge in [0.25, 0.3) is 0 Å². The van der Waals surface area contributed by atoms with Gasteiger partial charge in [0.15, 0.2) is 5.78 Å². The van der Waals surface area contributed by atoms with Crippen LogP contribution in [0.5, 0.6) is 0 Å². The molecule has 0 N–H and O–H groups in total. The molecule has 0 amide bonds. The molecule has 0 atom stereocenters. The molecule has 1 aromatic heterocycles. The van der Waals surface area contributed by atoms with Crippen LogP contribution in [0.3, 0.4) is 0 Å². The van der Waals surface area contributed by atoms with Crippen LogP contribution in [0.1, 0.15) is 35.9 Å². The third-order valence-corrected chi connectivity index (χ3v) is 2.99. The van der Waals surface area contributed by atoms with Crippen molar-refractivity contribution in [2.24, 2.45) is 0 Å². The predicted octanol–water partition coefficient (Wildman–Crippen LogP) is 3.54. The lowest BCUT2D eigenvalue weighted by molar-refractivity contribution is 0.0981. The lowest BCUT2D eigenvalue weighted by atomic mass is 10.1. The van der Waals surface area contributed by atoms with Crippen LogP contribution in [0.25, 0.3) is 0 Å². The van der Waals surface area contributed by atoms with E-state index in [0.717, 1.165) is 5.56 Å². The summed E-state index contributed by atoms with van der Waals surface area (Å²) in [4.78, 5) is 12.3. The second-order valence-electron chi connectivity index (χ2n) is 4.46. The number of hydrogen-bond acceptors (Lipinski definition) is 2. The molecule has 94 valence electrons. The molecule has 1 aromatic carbocycles. The zero-order chi connectivity index (χ0) is 13.1. The number of ketones is 1. The van der Waals surface area contributed by atoms with Crippen molar-refractivity contribution in [1.82, 2.24) is 9.78 Å². The SMILES string of the molecule is CC(C)n1ncc(Cl)c1C(=O)Cc1ccccc1. The maximum Gasteiger partial charge on any atom is 0.186 e. The molecule has 0 spiro atoms. The van der Waals surface area contributed by atoms with Crippen LogP contribution in [0.15, 0.2) is 36.5 Å². The van der Waals surface area contributed by atoms with Crippen LogP contribution in [0.2, 0.25) is 5.02 Å². The van der Waals surface area contributed by atoms with Gasteiger partial charge >= 0.3 is 0 Å². The molecule has 0 fully saturated rings. The van der Waals surface area contributed by atoms with Crippen molar-refractivity contribution in [2.45, 2.75) is 26.3 Å². The maximum atomic E-state index is 12.3. The van der Waals surface area contributed by atoms with Gasteiger partial charge < -0.3 is 0 Å². The Morgan fingerprint density at radius 2 is 2.00 bits per heavy atom. The highest BCUT2D eigenvalue weighted by Gasteiger charge is 2.19. The van der Waals surface area contributed by atoms with Gasteiger partial charge in [0.2, 0.25) is 0 Å². The van der Waals surface area contributed by atoms with E-state index in [-0.39, 0.29) is 11.8 Å². The minimum Gasteiger partial charge on any atom is -0.292 e. The van der Waals surface area contributed by atoms with Gasteiger partial charge in [-0.3, -0.25) is 9.48 Å². The minimum absolute atomic E-state index is 0.00241. The molecular formula is C14H15ClN2O. The van der Waals surface area contributed by atoms with Crippen LogP contribution in [-0.2, 0) is 6.42 Å². The molecular weight excluding hydrogens is 248 g/mol. The number of Topliss-reactive ketones (excluding diaryl/α,β-unsaturated/α-hetero) is 1. The topological polar surface area (TPSA) is 34.9 Å². The first kappa shape index (κ1) is 12.8. The smallest absolute Gasteiger partial charge is 0.186 e. The van der Waals surface area contributed by atoms with Crippen LogP contribution in [0, 0.1) is 0 Å². The molecule has 0 saturated carbocycles. The normalized spacial score (nSPS) is 10.9. The average molecular weight is 263 g/mol. The van der Waals surface area contributed by atoms with Crippen molar-refractivity contribution in [1.29, 1.82) is 0 Å². The fourth-order valence-electron chi connectivity index (χ4n) is 1.86. The summed E-state index contributed by atoms with van der Waals surface area (Å²) in [6, 6.07) is 9.75. The Labute approximate surface area is 111 Å². The third-order valence-electron chi connectivity index (χ3n) is 2.71. The maximum absolute atomic E-state index is 12.3. The lowest BCUT2D eigenvalue weighted by Crippen LogP contribution is -2.14. The zero-order valence-corrected chi connectivity index (χ0v) is 11.2. The summed E-state index contributed by atoms with van der Waals surface area (Å²) in [6.07, 6.45) is 1.87. The van der Waals surface area contributed by atoms with Crippen molar-refractivity contribution in [3.63, 3.8) is 0 Å². The van der Waals surface area contributed by atoms with Crippen molar-refractivity contribution in [3.05, 3.63) is 52.8 Å². The Bertz CT molecular complexity index is 546. The average Bonchev–Trinajstić information content (AvgIpc) is 2.72. The molecule has 0 aliphatic carbocycles. The molecule has 0 saturated heterocycles. The quantitative estimate of drug-likeness (QED) is 0.790. The Balaban J connectivity index is 2.27. The minimum atomic E-state index is -0.00241. The second-order valence-corrected chi connectivity index (χ2v) is 4.87. The molecule has 2 aromatic rings. The largest absolute Gasteiger partial charge is 0.292 e. The molecule has 0 aliphatic heterocycles. The van der Waals surface area contributed by atoms with E-state index in [1.807, 2.05) is 44.2 Å². The van der Waals surface area contributed by atoms with Gasteiger partial charge in [0.1, 0.15) is 5.69 Å². The summed E-state index contributed by atoms with van der Waals surface area (Å²) in [5, 5.41) is 4.56. The van der Waals surface area contributed by atoms with E-state index in [1.54, 1.807) is 4.68 Å². The molecule has 18 heavy (non-hydrogen) atoms. The van der Waals surface area contributed by atoms with Crippen LogP contribution >= 0.6 is 11.6 Å². The van der Waals surface area contributed by atoms with E-state index in [2.05, 4.69) is 5.10 Å². The molecule has 4 heteroatoms. The number of benzene rings is 1. The standard InChI is InChI=1S/C14H15ClN2O/c1-10(2)17-14(12(15)9-16-17)13(18)8-11-6-4-3-5-7-11/h3-7,9-10H,8H2,1-2H3. The number of carbonyl (C=O) groups excluding carboxylic acids is 1. The summed E-state index contributed by atoms with van der Waals surface area (Å²) < 4.78 is 1.67. The van der Waals surface area contributed by atoms with Crippen molar-refractivity contribution >= 4 is 17.4 Å². The van der Waals surface area contributed by atoms with Crippen molar-refractivity contribution in [2.75, 3.05) is 0 Å². The third kappa shape index (κ3) is 2.62. The van der Waals surface area contributed by atoms with Gasteiger partial charge in [-0.15, -0.1) is 0 Å².